The van der Waals surface area contributed by atoms with Crippen LogP contribution in [0.3, 0.4) is 0 Å². The molecule has 100 valence electrons. The molecular weight excluding hydrogens is 392 g/mol. The summed E-state index contributed by atoms with van der Waals surface area (Å²) >= 11 is 6.65. The van der Waals surface area contributed by atoms with Crippen molar-refractivity contribution >= 4 is 53.9 Å². The van der Waals surface area contributed by atoms with Gasteiger partial charge in [0.25, 0.3) is 0 Å². The minimum Gasteiger partial charge on any atom is -0.243 e. The van der Waals surface area contributed by atoms with Gasteiger partial charge in [-0.25, -0.2) is 9.26 Å². The summed E-state index contributed by atoms with van der Waals surface area (Å²) in [6.45, 7) is 0. The van der Waals surface area contributed by atoms with Crippen molar-refractivity contribution in [1.82, 2.24) is 20.6 Å². The maximum atomic E-state index is 4.57. The zero-order valence-corrected chi connectivity index (χ0v) is 13.0. The standard InChI is InChI=1S/C6H2Br2N2O.C6H4N2O/c7-3-1-2-4(8)6-5(3)9-11-10-6;1-2-4-6-5(3-1)7-9-8-6/h1-2H;1-4H. The van der Waals surface area contributed by atoms with Crippen LogP contribution in [0.5, 0.6) is 0 Å². The number of hydrogen-bond donors (Lipinski definition) is 0. The first-order valence-corrected chi connectivity index (χ1v) is 7.08. The zero-order chi connectivity index (χ0) is 13.9. The Morgan fingerprint density at radius 2 is 1.10 bits per heavy atom. The summed E-state index contributed by atoms with van der Waals surface area (Å²) in [6, 6.07) is 11.3. The highest BCUT2D eigenvalue weighted by Gasteiger charge is 2.07. The third-order valence-electron chi connectivity index (χ3n) is 2.48. The SMILES string of the molecule is Brc1ccc(Br)c2nonc12.c1ccc2nonc2c1. The van der Waals surface area contributed by atoms with Gasteiger partial charge in [0, 0.05) is 8.95 Å². The summed E-state index contributed by atoms with van der Waals surface area (Å²) in [7, 11) is 0. The Hall–Kier alpha value is -1.80. The molecule has 0 spiro atoms. The Kier molecular flexibility index (Phi) is 3.75. The fourth-order valence-corrected chi connectivity index (χ4v) is 2.32. The van der Waals surface area contributed by atoms with Crippen molar-refractivity contribution in [3.63, 3.8) is 0 Å². The second kappa shape index (κ2) is 5.68. The lowest BCUT2D eigenvalue weighted by Gasteiger charge is -1.90. The summed E-state index contributed by atoms with van der Waals surface area (Å²) in [5.41, 5.74) is 3.08. The first-order valence-electron chi connectivity index (χ1n) is 5.49. The number of rotatable bonds is 0. The lowest BCUT2D eigenvalue weighted by molar-refractivity contribution is 0.315. The van der Waals surface area contributed by atoms with Crippen LogP contribution in [-0.2, 0) is 0 Å². The van der Waals surface area contributed by atoms with Crippen LogP contribution in [0, 0.1) is 0 Å². The minimum absolute atomic E-state index is 0.736. The number of nitrogens with zero attached hydrogens (tertiary/aromatic N) is 4. The lowest BCUT2D eigenvalue weighted by Crippen LogP contribution is -1.73. The van der Waals surface area contributed by atoms with Crippen molar-refractivity contribution in [3.05, 3.63) is 45.3 Å². The number of aromatic nitrogens is 4. The Morgan fingerprint density at radius 3 is 1.60 bits per heavy atom. The molecule has 6 nitrogen and oxygen atoms in total. The summed E-state index contributed by atoms with van der Waals surface area (Å²) in [4.78, 5) is 0. The Bertz CT molecular complexity index is 793. The molecule has 20 heavy (non-hydrogen) atoms. The van der Waals surface area contributed by atoms with Gasteiger partial charge in [-0.15, -0.1) is 0 Å². The normalized spacial score (nSPS) is 10.5. The minimum atomic E-state index is 0.736. The van der Waals surface area contributed by atoms with E-state index in [4.69, 9.17) is 0 Å². The van der Waals surface area contributed by atoms with E-state index in [1.807, 2.05) is 36.4 Å². The topological polar surface area (TPSA) is 77.8 Å². The van der Waals surface area contributed by atoms with Crippen molar-refractivity contribution in [2.75, 3.05) is 0 Å². The van der Waals surface area contributed by atoms with Crippen LogP contribution in [0.25, 0.3) is 22.1 Å². The highest BCUT2D eigenvalue weighted by atomic mass is 79.9. The Labute approximate surface area is 129 Å². The van der Waals surface area contributed by atoms with Crippen LogP contribution < -0.4 is 0 Å². The van der Waals surface area contributed by atoms with Gasteiger partial charge >= 0.3 is 0 Å². The van der Waals surface area contributed by atoms with Gasteiger partial charge in [0.05, 0.1) is 0 Å². The molecule has 0 N–H and O–H groups in total. The van der Waals surface area contributed by atoms with E-state index in [2.05, 4.69) is 61.7 Å². The van der Waals surface area contributed by atoms with E-state index in [1.165, 1.54) is 0 Å². The molecule has 2 aromatic heterocycles. The molecule has 0 amide bonds. The second-order valence-corrected chi connectivity index (χ2v) is 5.45. The molecule has 0 aliphatic rings. The molecule has 4 aromatic rings. The molecular formula is C12H6Br2N4O2. The Morgan fingerprint density at radius 1 is 0.650 bits per heavy atom. The molecule has 0 saturated carbocycles. The zero-order valence-electron chi connectivity index (χ0n) is 9.83. The number of fused-ring (bicyclic) bond motifs is 2. The van der Waals surface area contributed by atoms with Gasteiger partial charge in [-0.3, -0.25) is 0 Å². The van der Waals surface area contributed by atoms with Crippen LogP contribution in [0.2, 0.25) is 0 Å². The van der Waals surface area contributed by atoms with E-state index in [1.54, 1.807) is 0 Å². The highest BCUT2D eigenvalue weighted by molar-refractivity contribution is 9.11. The fraction of sp³-hybridized carbons (Fsp3) is 0. The van der Waals surface area contributed by atoms with Crippen LogP contribution in [-0.4, -0.2) is 20.6 Å². The van der Waals surface area contributed by atoms with Gasteiger partial charge in [-0.1, -0.05) is 12.1 Å². The summed E-state index contributed by atoms with van der Waals surface area (Å²) in [6.07, 6.45) is 0. The molecule has 0 aliphatic carbocycles. The van der Waals surface area contributed by atoms with E-state index in [0.717, 1.165) is 31.0 Å². The molecule has 0 atom stereocenters. The summed E-state index contributed by atoms with van der Waals surface area (Å²) in [5, 5.41) is 14.7. The van der Waals surface area contributed by atoms with Crippen LogP contribution in [0.1, 0.15) is 0 Å². The van der Waals surface area contributed by atoms with Gasteiger partial charge in [0.15, 0.2) is 11.0 Å². The van der Waals surface area contributed by atoms with E-state index >= 15 is 0 Å². The van der Waals surface area contributed by atoms with E-state index < -0.39 is 0 Å². The van der Waals surface area contributed by atoms with Gasteiger partial charge in [-0.05, 0) is 76.8 Å². The predicted octanol–water partition coefficient (Wildman–Crippen LogP) is 3.97. The average molecular weight is 398 g/mol. The summed E-state index contributed by atoms with van der Waals surface area (Å²) in [5.74, 6) is 0. The van der Waals surface area contributed by atoms with Crippen molar-refractivity contribution in [2.24, 2.45) is 0 Å². The van der Waals surface area contributed by atoms with Crippen LogP contribution in [0.4, 0.5) is 0 Å². The molecule has 2 aromatic carbocycles. The average Bonchev–Trinajstić information content (AvgIpc) is 3.12. The molecule has 2 heterocycles. The van der Waals surface area contributed by atoms with Gasteiger partial charge in [0.2, 0.25) is 0 Å². The Balaban J connectivity index is 0.000000123. The first kappa shape index (κ1) is 13.2. The van der Waals surface area contributed by atoms with Crippen molar-refractivity contribution in [1.29, 1.82) is 0 Å². The molecule has 0 bridgehead atoms. The lowest BCUT2D eigenvalue weighted by atomic mass is 10.3. The van der Waals surface area contributed by atoms with Crippen molar-refractivity contribution < 1.29 is 9.26 Å². The quantitative estimate of drug-likeness (QED) is 0.446. The molecule has 0 unspecified atom stereocenters. The van der Waals surface area contributed by atoms with Crippen LogP contribution in [0.15, 0.2) is 54.6 Å². The molecule has 0 saturated heterocycles. The second-order valence-electron chi connectivity index (χ2n) is 3.74. The molecule has 8 heteroatoms. The van der Waals surface area contributed by atoms with Crippen molar-refractivity contribution in [3.8, 4) is 0 Å². The largest absolute Gasteiger partial charge is 0.243 e. The maximum absolute atomic E-state index is 4.57. The van der Waals surface area contributed by atoms with Gasteiger partial charge in [-0.2, -0.15) is 0 Å². The molecule has 0 aliphatic heterocycles. The number of halogens is 2. The van der Waals surface area contributed by atoms with Crippen molar-refractivity contribution in [2.45, 2.75) is 0 Å². The van der Waals surface area contributed by atoms with E-state index in [0.29, 0.717) is 0 Å². The number of benzene rings is 2. The molecule has 0 fully saturated rings. The first-order chi connectivity index (χ1) is 9.75. The monoisotopic (exact) mass is 396 g/mol. The third kappa shape index (κ3) is 2.56. The highest BCUT2D eigenvalue weighted by Crippen LogP contribution is 2.26. The van der Waals surface area contributed by atoms with Gasteiger partial charge < -0.3 is 0 Å². The van der Waals surface area contributed by atoms with E-state index in [-0.39, 0.29) is 0 Å². The fourth-order valence-electron chi connectivity index (χ4n) is 1.53. The number of hydrogen-bond acceptors (Lipinski definition) is 6. The molecule has 4 rings (SSSR count). The van der Waals surface area contributed by atoms with Gasteiger partial charge in [0.1, 0.15) is 11.0 Å². The molecule has 0 radical (unpaired) electrons. The van der Waals surface area contributed by atoms with Crippen LogP contribution >= 0.6 is 31.9 Å². The van der Waals surface area contributed by atoms with E-state index in [9.17, 15) is 0 Å². The predicted molar refractivity (Wildman–Crippen MR) is 79.0 cm³/mol. The maximum Gasteiger partial charge on any atom is 0.150 e. The third-order valence-corrected chi connectivity index (χ3v) is 3.76. The summed E-state index contributed by atoms with van der Waals surface area (Å²) < 4.78 is 10.8. The smallest absolute Gasteiger partial charge is 0.150 e.